The number of furan rings is 1. The van der Waals surface area contributed by atoms with Crippen LogP contribution in [0.1, 0.15) is 45.1 Å². The molecule has 0 bridgehead atoms. The molecule has 2 aromatic heterocycles. The third-order valence-electron chi connectivity index (χ3n) is 4.88. The first-order valence-corrected chi connectivity index (χ1v) is 10.3. The van der Waals surface area contributed by atoms with Gasteiger partial charge in [-0.2, -0.15) is 0 Å². The van der Waals surface area contributed by atoms with Crippen LogP contribution in [0.3, 0.4) is 0 Å². The lowest BCUT2D eigenvalue weighted by molar-refractivity contribution is 0.0475. The molecule has 11 heteroatoms. The number of para-hydroxylation sites is 1. The summed E-state index contributed by atoms with van der Waals surface area (Å²) >= 11 is 0. The summed E-state index contributed by atoms with van der Waals surface area (Å²) in [5, 5.41) is 2.54. The highest BCUT2D eigenvalue weighted by Crippen LogP contribution is 2.18. The number of ketones is 1. The van der Waals surface area contributed by atoms with E-state index in [-0.39, 0.29) is 35.3 Å². The Kier molecular flexibility index (Phi) is 7.15. The number of ether oxygens (including phenoxy) is 1. The molecule has 34 heavy (non-hydrogen) atoms. The van der Waals surface area contributed by atoms with E-state index in [9.17, 15) is 24.0 Å². The summed E-state index contributed by atoms with van der Waals surface area (Å²) < 4.78 is 12.1. The number of nitrogens with zero attached hydrogens (tertiary/aromatic N) is 2. The summed E-state index contributed by atoms with van der Waals surface area (Å²) in [5.41, 5.74) is 4.14. The quantitative estimate of drug-likeness (QED) is 0.374. The number of hydrogen-bond acceptors (Lipinski definition) is 8. The number of nitrogens with one attached hydrogen (secondary N) is 1. The molecular weight excluding hydrogens is 444 g/mol. The first-order valence-electron chi connectivity index (χ1n) is 10.3. The lowest BCUT2D eigenvalue weighted by atomic mass is 10.1. The molecule has 1 aromatic carbocycles. The van der Waals surface area contributed by atoms with Gasteiger partial charge in [0.05, 0.1) is 17.5 Å². The fraction of sp³-hybridized carbons (Fsp3) is 0.261. The summed E-state index contributed by atoms with van der Waals surface area (Å²) in [6, 6.07) is 9.04. The van der Waals surface area contributed by atoms with Crippen LogP contribution in [-0.4, -0.2) is 33.4 Å². The van der Waals surface area contributed by atoms with Gasteiger partial charge in [0.15, 0.2) is 12.4 Å². The number of rotatable bonds is 8. The highest BCUT2D eigenvalue weighted by Gasteiger charge is 2.24. The monoisotopic (exact) mass is 468 g/mol. The average molecular weight is 468 g/mol. The number of carbonyl (C=O) groups excluding carboxylic acids is 3. The lowest BCUT2D eigenvalue weighted by Crippen LogP contribution is -2.43. The molecule has 178 valence electrons. The number of aromatic nitrogens is 2. The second-order valence-corrected chi connectivity index (χ2v) is 7.89. The van der Waals surface area contributed by atoms with Crippen molar-refractivity contribution in [2.75, 3.05) is 17.7 Å². The smallest absolute Gasteiger partial charge is 0.340 e. The van der Waals surface area contributed by atoms with Crippen molar-refractivity contribution in [2.24, 2.45) is 13.0 Å². The minimum Gasteiger partial charge on any atom is -0.459 e. The summed E-state index contributed by atoms with van der Waals surface area (Å²) in [4.78, 5) is 62.6. The van der Waals surface area contributed by atoms with Gasteiger partial charge in [0.25, 0.3) is 11.5 Å². The van der Waals surface area contributed by atoms with Gasteiger partial charge in [-0.15, -0.1) is 0 Å². The second-order valence-electron chi connectivity index (χ2n) is 7.89. The molecule has 0 radical (unpaired) electrons. The number of benzene rings is 1. The molecule has 0 aliphatic carbocycles. The maximum Gasteiger partial charge on any atom is 0.340 e. The lowest BCUT2D eigenvalue weighted by Gasteiger charge is -2.16. The van der Waals surface area contributed by atoms with E-state index in [1.807, 2.05) is 13.8 Å². The Hall–Kier alpha value is -4.41. The average Bonchev–Trinajstić information content (AvgIpc) is 3.34. The van der Waals surface area contributed by atoms with Gasteiger partial charge in [-0.25, -0.2) is 9.59 Å². The van der Waals surface area contributed by atoms with Crippen molar-refractivity contribution in [1.82, 2.24) is 9.13 Å². The van der Waals surface area contributed by atoms with Gasteiger partial charge in [0.2, 0.25) is 5.78 Å². The van der Waals surface area contributed by atoms with Gasteiger partial charge in [-0.05, 0) is 30.2 Å². The number of Topliss-reactive ketones (excluding diaryl/α,β-unsaturated/α-hetero) is 1. The zero-order chi connectivity index (χ0) is 25.0. The highest BCUT2D eigenvalue weighted by molar-refractivity contribution is 6.07. The molecule has 0 spiro atoms. The highest BCUT2D eigenvalue weighted by atomic mass is 16.5. The van der Waals surface area contributed by atoms with Crippen molar-refractivity contribution in [2.45, 2.75) is 20.4 Å². The molecular formula is C23H24N4O7. The van der Waals surface area contributed by atoms with Crippen molar-refractivity contribution in [3.63, 3.8) is 0 Å². The molecule has 0 unspecified atom stereocenters. The van der Waals surface area contributed by atoms with E-state index < -0.39 is 41.1 Å². The summed E-state index contributed by atoms with van der Waals surface area (Å²) in [6.45, 7) is 3.10. The Balaban J connectivity index is 1.81. The zero-order valence-corrected chi connectivity index (χ0v) is 18.9. The molecule has 3 rings (SSSR count). The van der Waals surface area contributed by atoms with E-state index >= 15 is 0 Å². The predicted octanol–water partition coefficient (Wildman–Crippen LogP) is 1.67. The fourth-order valence-corrected chi connectivity index (χ4v) is 3.23. The van der Waals surface area contributed by atoms with E-state index in [0.717, 1.165) is 9.13 Å². The number of nitrogens with two attached hydrogens (primary N) is 1. The zero-order valence-electron chi connectivity index (χ0n) is 18.9. The van der Waals surface area contributed by atoms with Crippen LogP contribution in [0.5, 0.6) is 0 Å². The van der Waals surface area contributed by atoms with Crippen molar-refractivity contribution in [1.29, 1.82) is 0 Å². The predicted molar refractivity (Wildman–Crippen MR) is 123 cm³/mol. The Morgan fingerprint density at radius 2 is 1.82 bits per heavy atom. The van der Waals surface area contributed by atoms with Crippen LogP contribution in [0.4, 0.5) is 11.5 Å². The SMILES string of the molecule is CC(C)Cn1c(N)c(C(=O)COC(=O)c2ccccc2NC(=O)c2ccco2)c(=O)n(C)c1=O. The van der Waals surface area contributed by atoms with Gasteiger partial charge in [0.1, 0.15) is 11.4 Å². The third-order valence-corrected chi connectivity index (χ3v) is 4.88. The Morgan fingerprint density at radius 1 is 1.12 bits per heavy atom. The minimum absolute atomic E-state index is 0.0131. The van der Waals surface area contributed by atoms with Crippen LogP contribution >= 0.6 is 0 Å². The molecule has 3 aromatic rings. The molecule has 0 saturated carbocycles. The molecule has 0 atom stereocenters. The third kappa shape index (κ3) is 4.98. The number of esters is 1. The topological polar surface area (TPSA) is 156 Å². The van der Waals surface area contributed by atoms with Gasteiger partial charge in [0, 0.05) is 13.6 Å². The summed E-state index contributed by atoms with van der Waals surface area (Å²) in [5.74, 6) is -2.57. The molecule has 1 amide bonds. The number of hydrogen-bond donors (Lipinski definition) is 2. The molecule has 0 fully saturated rings. The molecule has 0 aliphatic rings. The van der Waals surface area contributed by atoms with Gasteiger partial charge in [-0.3, -0.25) is 23.5 Å². The van der Waals surface area contributed by atoms with Crippen LogP contribution in [0.25, 0.3) is 0 Å². The van der Waals surface area contributed by atoms with Crippen LogP contribution in [0.15, 0.2) is 56.7 Å². The molecule has 0 aliphatic heterocycles. The first-order chi connectivity index (χ1) is 16.1. The standard InChI is InChI=1S/C23H24N4O7/c1-13(2)11-27-19(24)18(21(30)26(3)23(27)32)16(28)12-34-22(31)14-7-4-5-8-15(14)25-20(29)17-9-6-10-33-17/h4-10,13H,11-12,24H2,1-3H3,(H,25,29). The molecule has 3 N–H and O–H groups in total. The Labute approximate surface area is 193 Å². The molecule has 0 saturated heterocycles. The summed E-state index contributed by atoms with van der Waals surface area (Å²) in [6.07, 6.45) is 1.33. The van der Waals surface area contributed by atoms with E-state index in [4.69, 9.17) is 14.9 Å². The van der Waals surface area contributed by atoms with E-state index in [0.29, 0.717) is 0 Å². The van der Waals surface area contributed by atoms with Crippen molar-refractivity contribution < 1.29 is 23.5 Å². The van der Waals surface area contributed by atoms with Crippen molar-refractivity contribution in [3.8, 4) is 0 Å². The summed E-state index contributed by atoms with van der Waals surface area (Å²) in [7, 11) is 1.24. The number of carbonyl (C=O) groups is 3. The van der Waals surface area contributed by atoms with Gasteiger partial charge >= 0.3 is 11.7 Å². The first kappa shape index (κ1) is 24.2. The van der Waals surface area contributed by atoms with Gasteiger partial charge < -0.3 is 20.2 Å². The van der Waals surface area contributed by atoms with Crippen LogP contribution in [0, 0.1) is 5.92 Å². The number of anilines is 2. The number of amides is 1. The molecule has 11 nitrogen and oxygen atoms in total. The number of nitrogen functional groups attached to an aromatic ring is 1. The van der Waals surface area contributed by atoms with Crippen LogP contribution < -0.4 is 22.3 Å². The van der Waals surface area contributed by atoms with E-state index in [2.05, 4.69) is 5.32 Å². The second kappa shape index (κ2) is 10.0. The Morgan fingerprint density at radius 3 is 2.47 bits per heavy atom. The van der Waals surface area contributed by atoms with Gasteiger partial charge in [-0.1, -0.05) is 26.0 Å². The van der Waals surface area contributed by atoms with Crippen molar-refractivity contribution >= 4 is 29.2 Å². The maximum atomic E-state index is 12.8. The normalized spacial score (nSPS) is 10.8. The molecule has 2 heterocycles. The van der Waals surface area contributed by atoms with Crippen LogP contribution in [-0.2, 0) is 18.3 Å². The fourth-order valence-electron chi connectivity index (χ4n) is 3.23. The Bertz CT molecular complexity index is 1350. The minimum atomic E-state index is -0.908. The maximum absolute atomic E-state index is 12.8. The van der Waals surface area contributed by atoms with Crippen LogP contribution in [0.2, 0.25) is 0 Å². The largest absolute Gasteiger partial charge is 0.459 e. The van der Waals surface area contributed by atoms with E-state index in [1.165, 1.54) is 31.5 Å². The van der Waals surface area contributed by atoms with E-state index in [1.54, 1.807) is 18.2 Å². The van der Waals surface area contributed by atoms with Crippen molar-refractivity contribution in [3.05, 3.63) is 80.4 Å².